The maximum atomic E-state index is 11.6. The summed E-state index contributed by atoms with van der Waals surface area (Å²) in [5.41, 5.74) is 5.00. The van der Waals surface area contributed by atoms with Gasteiger partial charge in [-0.15, -0.1) is 0 Å². The number of hydrogen-bond donors (Lipinski definition) is 2. The summed E-state index contributed by atoms with van der Waals surface area (Å²) >= 11 is 0. The van der Waals surface area contributed by atoms with Gasteiger partial charge < -0.3 is 15.8 Å². The quantitative estimate of drug-likeness (QED) is 0.755. The number of carbonyl (C=O) groups is 1. The van der Waals surface area contributed by atoms with E-state index in [-0.39, 0.29) is 17.4 Å². The first kappa shape index (κ1) is 15.2. The Morgan fingerprint density at radius 3 is 2.56 bits per heavy atom. The van der Waals surface area contributed by atoms with Crippen LogP contribution in [0, 0.1) is 5.92 Å². The van der Waals surface area contributed by atoms with Crippen LogP contribution in [0.4, 0.5) is 4.79 Å². The lowest BCUT2D eigenvalue weighted by Gasteiger charge is -2.31. The van der Waals surface area contributed by atoms with Crippen molar-refractivity contribution in [3.05, 3.63) is 0 Å². The fraction of sp³-hybridized carbons (Fsp3) is 0.909. The van der Waals surface area contributed by atoms with E-state index in [0.717, 1.165) is 0 Å². The van der Waals surface area contributed by atoms with Crippen LogP contribution >= 0.6 is 0 Å². The summed E-state index contributed by atoms with van der Waals surface area (Å²) in [6.45, 7) is 5.62. The molecule has 2 atom stereocenters. The van der Waals surface area contributed by atoms with Gasteiger partial charge >= 0.3 is 6.09 Å². The zero-order valence-electron chi connectivity index (χ0n) is 11.1. The highest BCUT2D eigenvalue weighted by Gasteiger charge is 2.34. The van der Waals surface area contributed by atoms with Crippen molar-refractivity contribution in [2.75, 3.05) is 18.1 Å². The lowest BCUT2D eigenvalue weighted by molar-refractivity contribution is 0.0492. The van der Waals surface area contributed by atoms with E-state index in [1.807, 2.05) is 0 Å². The summed E-state index contributed by atoms with van der Waals surface area (Å²) in [5, 5.41) is 2.61. The Kier molecular flexibility index (Phi) is 4.61. The molecule has 0 aromatic heterocycles. The number of hydrogen-bond acceptors (Lipinski definition) is 5. The fourth-order valence-corrected chi connectivity index (χ4v) is 3.66. The van der Waals surface area contributed by atoms with Gasteiger partial charge in [0.1, 0.15) is 5.60 Å². The average Bonchev–Trinajstić information content (AvgIpc) is 2.13. The maximum Gasteiger partial charge on any atom is 0.407 e. The molecule has 0 aromatic carbocycles. The van der Waals surface area contributed by atoms with Crippen LogP contribution in [-0.2, 0) is 14.6 Å². The van der Waals surface area contributed by atoms with Gasteiger partial charge in [0.2, 0.25) is 0 Å². The SMILES string of the molecule is CC(C)(C)OC(=O)NC1CS(=O)(=O)CCC1CN. The first-order valence-corrected chi connectivity index (χ1v) is 7.85. The van der Waals surface area contributed by atoms with Crippen molar-refractivity contribution < 1.29 is 17.9 Å². The van der Waals surface area contributed by atoms with Crippen molar-refractivity contribution in [1.82, 2.24) is 5.32 Å². The first-order chi connectivity index (χ1) is 8.13. The molecule has 0 aromatic rings. The minimum absolute atomic E-state index is 0.0129. The highest BCUT2D eigenvalue weighted by molar-refractivity contribution is 7.91. The van der Waals surface area contributed by atoms with Gasteiger partial charge in [-0.3, -0.25) is 0 Å². The predicted molar refractivity (Wildman–Crippen MR) is 69.0 cm³/mol. The zero-order valence-corrected chi connectivity index (χ0v) is 11.9. The smallest absolute Gasteiger partial charge is 0.407 e. The molecule has 1 fully saturated rings. The van der Waals surface area contributed by atoms with E-state index >= 15 is 0 Å². The fourth-order valence-electron chi connectivity index (χ4n) is 1.93. The van der Waals surface area contributed by atoms with Gasteiger partial charge in [0.15, 0.2) is 9.84 Å². The van der Waals surface area contributed by atoms with E-state index in [1.54, 1.807) is 20.8 Å². The van der Waals surface area contributed by atoms with E-state index in [0.29, 0.717) is 13.0 Å². The second kappa shape index (κ2) is 5.44. The summed E-state index contributed by atoms with van der Waals surface area (Å²) in [7, 11) is -3.09. The van der Waals surface area contributed by atoms with Crippen molar-refractivity contribution in [1.29, 1.82) is 0 Å². The van der Waals surface area contributed by atoms with Crippen molar-refractivity contribution in [2.45, 2.75) is 38.8 Å². The van der Waals surface area contributed by atoms with Gasteiger partial charge in [0.05, 0.1) is 17.5 Å². The monoisotopic (exact) mass is 278 g/mol. The maximum absolute atomic E-state index is 11.6. The molecule has 0 spiro atoms. The normalized spacial score (nSPS) is 27.6. The Morgan fingerprint density at radius 2 is 2.06 bits per heavy atom. The number of rotatable bonds is 2. The minimum atomic E-state index is -3.09. The second-order valence-corrected chi connectivity index (χ2v) is 7.88. The summed E-state index contributed by atoms with van der Waals surface area (Å²) < 4.78 is 28.2. The number of nitrogens with two attached hydrogens (primary N) is 1. The number of amides is 1. The number of alkyl carbamates (subject to hydrolysis) is 1. The molecular formula is C11H22N2O4S. The van der Waals surface area contributed by atoms with E-state index in [2.05, 4.69) is 5.32 Å². The first-order valence-electron chi connectivity index (χ1n) is 6.03. The van der Waals surface area contributed by atoms with Gasteiger partial charge in [0, 0.05) is 0 Å². The van der Waals surface area contributed by atoms with E-state index < -0.39 is 27.6 Å². The summed E-state index contributed by atoms with van der Waals surface area (Å²) in [5.74, 6) is 0.0659. The number of ether oxygens (including phenoxy) is 1. The third kappa shape index (κ3) is 4.81. The average molecular weight is 278 g/mol. The molecule has 1 amide bonds. The number of carbonyl (C=O) groups excluding carboxylic acids is 1. The third-order valence-electron chi connectivity index (χ3n) is 2.81. The summed E-state index contributed by atoms with van der Waals surface area (Å²) in [6, 6.07) is -0.455. The second-order valence-electron chi connectivity index (χ2n) is 5.65. The molecule has 0 saturated carbocycles. The lowest BCUT2D eigenvalue weighted by atomic mass is 9.98. The summed E-state index contributed by atoms with van der Waals surface area (Å²) in [6.07, 6.45) is -0.109. The van der Waals surface area contributed by atoms with Crippen LogP contribution < -0.4 is 11.1 Å². The standard InChI is InChI=1S/C11H22N2O4S/c1-11(2,3)17-10(14)13-9-7-18(15,16)5-4-8(9)6-12/h8-9H,4-7,12H2,1-3H3,(H,13,14). The predicted octanol–water partition coefficient (Wildman–Crippen LogP) is 0.273. The van der Waals surface area contributed by atoms with E-state index in [4.69, 9.17) is 10.5 Å². The highest BCUT2D eigenvalue weighted by atomic mass is 32.2. The highest BCUT2D eigenvalue weighted by Crippen LogP contribution is 2.19. The molecule has 3 N–H and O–H groups in total. The molecule has 7 heteroatoms. The minimum Gasteiger partial charge on any atom is -0.444 e. The zero-order chi connectivity index (χ0) is 14.0. The molecule has 106 valence electrons. The van der Waals surface area contributed by atoms with Gasteiger partial charge in [0.25, 0.3) is 0 Å². The molecule has 0 bridgehead atoms. The van der Waals surface area contributed by atoms with Gasteiger partial charge in [-0.25, -0.2) is 13.2 Å². The van der Waals surface area contributed by atoms with Crippen LogP contribution in [0.5, 0.6) is 0 Å². The Bertz CT molecular complexity index is 400. The lowest BCUT2D eigenvalue weighted by Crippen LogP contribution is -2.51. The van der Waals surface area contributed by atoms with Crippen molar-refractivity contribution in [3.63, 3.8) is 0 Å². The topological polar surface area (TPSA) is 98.5 Å². The molecule has 18 heavy (non-hydrogen) atoms. The van der Waals surface area contributed by atoms with Gasteiger partial charge in [-0.2, -0.15) is 0 Å². The summed E-state index contributed by atoms with van der Waals surface area (Å²) in [4.78, 5) is 11.6. The van der Waals surface area contributed by atoms with Crippen molar-refractivity contribution in [3.8, 4) is 0 Å². The van der Waals surface area contributed by atoms with Gasteiger partial charge in [-0.05, 0) is 39.7 Å². The van der Waals surface area contributed by atoms with Crippen molar-refractivity contribution in [2.24, 2.45) is 11.7 Å². The molecule has 0 radical (unpaired) electrons. The Morgan fingerprint density at radius 1 is 1.44 bits per heavy atom. The molecule has 1 rings (SSSR count). The molecular weight excluding hydrogens is 256 g/mol. The van der Waals surface area contributed by atoms with Crippen molar-refractivity contribution >= 4 is 15.9 Å². The number of sulfone groups is 1. The molecule has 1 aliphatic heterocycles. The van der Waals surface area contributed by atoms with E-state index in [1.165, 1.54) is 0 Å². The molecule has 1 saturated heterocycles. The molecule has 1 heterocycles. The largest absolute Gasteiger partial charge is 0.444 e. The Balaban J connectivity index is 2.64. The van der Waals surface area contributed by atoms with Crippen LogP contribution in [-0.4, -0.2) is 44.2 Å². The van der Waals surface area contributed by atoms with E-state index in [9.17, 15) is 13.2 Å². The molecule has 0 aliphatic carbocycles. The van der Waals surface area contributed by atoms with Crippen LogP contribution in [0.3, 0.4) is 0 Å². The van der Waals surface area contributed by atoms with Crippen LogP contribution in [0.2, 0.25) is 0 Å². The van der Waals surface area contributed by atoms with Crippen LogP contribution in [0.1, 0.15) is 27.2 Å². The Hall–Kier alpha value is -0.820. The molecule has 1 aliphatic rings. The molecule has 2 unspecified atom stereocenters. The Labute approximate surface area is 108 Å². The molecule has 6 nitrogen and oxygen atoms in total. The number of nitrogens with one attached hydrogen (secondary N) is 1. The van der Waals surface area contributed by atoms with Crippen LogP contribution in [0.25, 0.3) is 0 Å². The third-order valence-corrected chi connectivity index (χ3v) is 4.53. The van der Waals surface area contributed by atoms with Gasteiger partial charge in [-0.1, -0.05) is 0 Å². The van der Waals surface area contributed by atoms with Crippen LogP contribution in [0.15, 0.2) is 0 Å².